The van der Waals surface area contributed by atoms with Crippen molar-refractivity contribution in [2.75, 3.05) is 19.0 Å². The van der Waals surface area contributed by atoms with Gasteiger partial charge in [0.05, 0.1) is 3.57 Å². The van der Waals surface area contributed by atoms with Gasteiger partial charge in [0.1, 0.15) is 11.4 Å². The summed E-state index contributed by atoms with van der Waals surface area (Å²) >= 11 is 2.26. The molecule has 1 fully saturated rings. The highest BCUT2D eigenvalue weighted by Gasteiger charge is 2.37. The van der Waals surface area contributed by atoms with Gasteiger partial charge in [0, 0.05) is 19.9 Å². The molecule has 0 saturated heterocycles. The number of anilines is 1. The second kappa shape index (κ2) is 6.14. The summed E-state index contributed by atoms with van der Waals surface area (Å²) in [6, 6.07) is 0. The third-order valence-corrected chi connectivity index (χ3v) is 4.34. The van der Waals surface area contributed by atoms with Crippen LogP contribution in [0.15, 0.2) is 6.20 Å². The summed E-state index contributed by atoms with van der Waals surface area (Å²) in [5.41, 5.74) is -0.271. The fourth-order valence-electron chi connectivity index (χ4n) is 2.52. The summed E-state index contributed by atoms with van der Waals surface area (Å²) in [5.74, 6) is 1.76. The van der Waals surface area contributed by atoms with Crippen LogP contribution in [0.2, 0.25) is 0 Å². The molecule has 1 heterocycles. The molecule has 1 aliphatic rings. The molecule has 0 bridgehead atoms. The molecule has 1 aromatic rings. The topological polar surface area (TPSA) is 47.0 Å². The Morgan fingerprint density at radius 2 is 2.11 bits per heavy atom. The Bertz CT molecular complexity index is 405. The first-order chi connectivity index (χ1) is 8.72. The maximum absolute atomic E-state index is 5.78. The van der Waals surface area contributed by atoms with Gasteiger partial charge in [-0.1, -0.05) is 19.3 Å². The summed E-state index contributed by atoms with van der Waals surface area (Å²) in [7, 11) is 1.78. The first-order valence-electron chi connectivity index (χ1n) is 6.54. The Hall–Kier alpha value is -0.430. The highest BCUT2D eigenvalue weighted by atomic mass is 127. The van der Waals surface area contributed by atoms with Gasteiger partial charge in [-0.2, -0.15) is 0 Å². The van der Waals surface area contributed by atoms with E-state index in [9.17, 15) is 0 Å². The lowest BCUT2D eigenvalue weighted by molar-refractivity contribution is -0.0514. The molecule has 0 unspecified atom stereocenters. The quantitative estimate of drug-likeness (QED) is 0.836. The van der Waals surface area contributed by atoms with Crippen LogP contribution in [0.4, 0.5) is 5.82 Å². The monoisotopic (exact) mass is 361 g/mol. The predicted molar refractivity (Wildman–Crippen MR) is 80.7 cm³/mol. The highest BCUT2D eigenvalue weighted by Crippen LogP contribution is 2.38. The van der Waals surface area contributed by atoms with E-state index in [4.69, 9.17) is 4.74 Å². The molecule has 1 aromatic heterocycles. The highest BCUT2D eigenvalue weighted by molar-refractivity contribution is 14.1. The average Bonchev–Trinajstić information content (AvgIpc) is 2.42. The second-order valence-electron chi connectivity index (χ2n) is 4.68. The minimum Gasteiger partial charge on any atom is -0.370 e. The molecule has 0 atom stereocenters. The molecule has 2 rings (SSSR count). The Morgan fingerprint density at radius 3 is 2.72 bits per heavy atom. The molecule has 1 N–H and O–H groups in total. The number of halogens is 1. The summed E-state index contributed by atoms with van der Waals surface area (Å²) < 4.78 is 6.84. The predicted octanol–water partition coefficient (Wildman–Crippen LogP) is 3.32. The summed E-state index contributed by atoms with van der Waals surface area (Å²) in [4.78, 5) is 9.18. The van der Waals surface area contributed by atoms with Crippen LogP contribution >= 0.6 is 22.6 Å². The molecule has 1 saturated carbocycles. The number of nitrogens with zero attached hydrogens (tertiary/aromatic N) is 2. The van der Waals surface area contributed by atoms with Crippen LogP contribution in [0.5, 0.6) is 0 Å². The van der Waals surface area contributed by atoms with E-state index in [1.54, 1.807) is 7.11 Å². The van der Waals surface area contributed by atoms with Crippen molar-refractivity contribution in [3.8, 4) is 0 Å². The van der Waals surface area contributed by atoms with Gasteiger partial charge < -0.3 is 10.1 Å². The maximum Gasteiger partial charge on any atom is 0.162 e. The molecule has 100 valence electrons. The zero-order chi connectivity index (χ0) is 13.0. The van der Waals surface area contributed by atoms with Crippen molar-refractivity contribution >= 4 is 28.4 Å². The van der Waals surface area contributed by atoms with Gasteiger partial charge in [-0.05, 0) is 42.4 Å². The van der Waals surface area contributed by atoms with Gasteiger partial charge >= 0.3 is 0 Å². The summed E-state index contributed by atoms with van der Waals surface area (Å²) in [6.07, 6.45) is 7.61. The van der Waals surface area contributed by atoms with Gasteiger partial charge in [-0.3, -0.25) is 0 Å². The van der Waals surface area contributed by atoms with Gasteiger partial charge in [0.2, 0.25) is 0 Å². The zero-order valence-electron chi connectivity index (χ0n) is 11.0. The fourth-order valence-corrected chi connectivity index (χ4v) is 2.97. The number of rotatable bonds is 4. The zero-order valence-corrected chi connectivity index (χ0v) is 13.2. The van der Waals surface area contributed by atoms with Gasteiger partial charge in [0.25, 0.3) is 0 Å². The lowest BCUT2D eigenvalue weighted by Crippen LogP contribution is -2.33. The van der Waals surface area contributed by atoms with E-state index in [1.807, 2.05) is 6.20 Å². The normalized spacial score (nSPS) is 18.6. The molecule has 0 spiro atoms. The van der Waals surface area contributed by atoms with E-state index < -0.39 is 0 Å². The smallest absolute Gasteiger partial charge is 0.162 e. The molecule has 0 aliphatic heterocycles. The SMILES string of the molecule is CCNc1nc(C2(OC)CCCCC2)ncc1I. The van der Waals surface area contributed by atoms with Crippen LogP contribution in [0.25, 0.3) is 0 Å². The van der Waals surface area contributed by atoms with E-state index in [0.717, 1.165) is 34.6 Å². The van der Waals surface area contributed by atoms with Crippen molar-refractivity contribution in [3.05, 3.63) is 15.6 Å². The lowest BCUT2D eigenvalue weighted by atomic mass is 9.84. The van der Waals surface area contributed by atoms with Gasteiger partial charge in [0.15, 0.2) is 5.82 Å². The number of methoxy groups -OCH3 is 1. The molecular formula is C13H20IN3O. The molecule has 1 aliphatic carbocycles. The van der Waals surface area contributed by atoms with Crippen molar-refractivity contribution in [1.29, 1.82) is 0 Å². The fraction of sp³-hybridized carbons (Fsp3) is 0.692. The van der Waals surface area contributed by atoms with Crippen molar-refractivity contribution < 1.29 is 4.74 Å². The summed E-state index contributed by atoms with van der Waals surface area (Å²) in [5, 5.41) is 3.28. The van der Waals surface area contributed by atoms with Crippen molar-refractivity contribution in [2.24, 2.45) is 0 Å². The maximum atomic E-state index is 5.78. The van der Waals surface area contributed by atoms with E-state index in [1.165, 1.54) is 19.3 Å². The van der Waals surface area contributed by atoms with E-state index in [-0.39, 0.29) is 5.60 Å². The second-order valence-corrected chi connectivity index (χ2v) is 5.84. The number of hydrogen-bond acceptors (Lipinski definition) is 4. The number of hydrogen-bond donors (Lipinski definition) is 1. The molecule has 0 amide bonds. The molecule has 0 radical (unpaired) electrons. The lowest BCUT2D eigenvalue weighted by Gasteiger charge is -2.34. The van der Waals surface area contributed by atoms with Crippen LogP contribution in [-0.4, -0.2) is 23.6 Å². The van der Waals surface area contributed by atoms with E-state index >= 15 is 0 Å². The third kappa shape index (κ3) is 2.77. The minimum absolute atomic E-state index is 0.271. The summed E-state index contributed by atoms with van der Waals surface area (Å²) in [6.45, 7) is 2.94. The van der Waals surface area contributed by atoms with Crippen molar-refractivity contribution in [1.82, 2.24) is 9.97 Å². The number of ether oxygens (including phenoxy) is 1. The Morgan fingerprint density at radius 1 is 1.39 bits per heavy atom. The van der Waals surface area contributed by atoms with Crippen molar-refractivity contribution in [2.45, 2.75) is 44.6 Å². The molecular weight excluding hydrogens is 341 g/mol. The van der Waals surface area contributed by atoms with Crippen LogP contribution in [0, 0.1) is 3.57 Å². The van der Waals surface area contributed by atoms with Crippen molar-refractivity contribution in [3.63, 3.8) is 0 Å². The Labute approximate surface area is 122 Å². The van der Waals surface area contributed by atoms with Gasteiger partial charge in [-0.25, -0.2) is 9.97 Å². The Balaban J connectivity index is 2.33. The largest absolute Gasteiger partial charge is 0.370 e. The molecule has 0 aromatic carbocycles. The van der Waals surface area contributed by atoms with Crippen LogP contribution in [0.3, 0.4) is 0 Å². The first-order valence-corrected chi connectivity index (χ1v) is 7.62. The minimum atomic E-state index is -0.271. The third-order valence-electron chi connectivity index (χ3n) is 3.55. The van der Waals surface area contributed by atoms with Crippen LogP contribution < -0.4 is 5.32 Å². The molecule has 5 heteroatoms. The Kier molecular flexibility index (Phi) is 4.77. The number of aromatic nitrogens is 2. The molecule has 18 heavy (non-hydrogen) atoms. The van der Waals surface area contributed by atoms with Crippen LogP contribution in [-0.2, 0) is 10.3 Å². The van der Waals surface area contributed by atoms with E-state index in [2.05, 4.69) is 44.8 Å². The molecule has 4 nitrogen and oxygen atoms in total. The first kappa shape index (κ1) is 14.0. The standard InChI is InChI=1S/C13H20IN3O/c1-3-15-11-10(14)9-16-12(17-11)13(18-2)7-5-4-6-8-13/h9H,3-8H2,1-2H3,(H,15,16,17). The number of nitrogens with one attached hydrogen (secondary N) is 1. The van der Waals surface area contributed by atoms with Crippen LogP contribution in [0.1, 0.15) is 44.9 Å². The van der Waals surface area contributed by atoms with Gasteiger partial charge in [-0.15, -0.1) is 0 Å². The van der Waals surface area contributed by atoms with E-state index in [0.29, 0.717) is 0 Å². The average molecular weight is 361 g/mol.